The van der Waals surface area contributed by atoms with Gasteiger partial charge in [0.25, 0.3) is 0 Å². The molecule has 4 heteroatoms. The zero-order valence-electron chi connectivity index (χ0n) is 5.93. The van der Waals surface area contributed by atoms with Crippen LogP contribution in [0, 0.1) is 0 Å². The van der Waals surface area contributed by atoms with Crippen LogP contribution in [-0.2, 0) is 9.53 Å². The van der Waals surface area contributed by atoms with Crippen molar-refractivity contribution >= 4 is 17.6 Å². The summed E-state index contributed by atoms with van der Waals surface area (Å²) in [5.74, 6) is -0.477. The third-order valence-corrected chi connectivity index (χ3v) is 1.46. The van der Waals surface area contributed by atoms with E-state index in [1.807, 2.05) is 0 Å². The van der Waals surface area contributed by atoms with Crippen molar-refractivity contribution in [3.8, 4) is 0 Å². The standard InChI is InChI=1S/C6H10ClNO2/c1-4(3-7)5(8)6(9)10-2/h3,5H,8H2,1-2H3/b4-3+. The van der Waals surface area contributed by atoms with E-state index in [9.17, 15) is 4.79 Å². The fourth-order valence-corrected chi connectivity index (χ4v) is 0.516. The van der Waals surface area contributed by atoms with E-state index in [0.29, 0.717) is 5.57 Å². The molecule has 0 radical (unpaired) electrons. The van der Waals surface area contributed by atoms with Crippen molar-refractivity contribution in [2.24, 2.45) is 5.73 Å². The molecule has 0 saturated carbocycles. The van der Waals surface area contributed by atoms with Crippen molar-refractivity contribution in [3.63, 3.8) is 0 Å². The Morgan fingerprint density at radius 3 is 2.60 bits per heavy atom. The molecular weight excluding hydrogens is 154 g/mol. The maximum Gasteiger partial charge on any atom is 0.326 e. The predicted octanol–water partition coefficient (Wildman–Crippen LogP) is 0.629. The molecule has 0 aromatic heterocycles. The van der Waals surface area contributed by atoms with Gasteiger partial charge in [0.1, 0.15) is 6.04 Å². The van der Waals surface area contributed by atoms with Crippen LogP contribution in [0.15, 0.2) is 11.1 Å². The van der Waals surface area contributed by atoms with Crippen molar-refractivity contribution in [1.29, 1.82) is 0 Å². The molecule has 1 atom stereocenters. The molecule has 0 aromatic carbocycles. The van der Waals surface area contributed by atoms with Gasteiger partial charge < -0.3 is 10.5 Å². The third-order valence-electron chi connectivity index (χ3n) is 1.12. The summed E-state index contributed by atoms with van der Waals surface area (Å²) in [6.45, 7) is 1.66. The lowest BCUT2D eigenvalue weighted by atomic mass is 10.2. The van der Waals surface area contributed by atoms with Crippen molar-refractivity contribution in [3.05, 3.63) is 11.1 Å². The molecule has 0 aliphatic heterocycles. The first kappa shape index (κ1) is 9.46. The van der Waals surface area contributed by atoms with Crippen LogP contribution in [-0.4, -0.2) is 19.1 Å². The van der Waals surface area contributed by atoms with Crippen LogP contribution < -0.4 is 5.73 Å². The maximum atomic E-state index is 10.7. The molecule has 0 fully saturated rings. The highest BCUT2D eigenvalue weighted by molar-refractivity contribution is 6.25. The van der Waals surface area contributed by atoms with Gasteiger partial charge in [-0.05, 0) is 12.5 Å². The molecule has 0 saturated heterocycles. The lowest BCUT2D eigenvalue weighted by Gasteiger charge is -2.07. The predicted molar refractivity (Wildman–Crippen MR) is 39.6 cm³/mol. The second-order valence-corrected chi connectivity index (χ2v) is 2.07. The van der Waals surface area contributed by atoms with E-state index in [1.165, 1.54) is 12.6 Å². The Bertz CT molecular complexity index is 156. The average molecular weight is 164 g/mol. The Hall–Kier alpha value is -0.540. The van der Waals surface area contributed by atoms with Gasteiger partial charge in [0.05, 0.1) is 7.11 Å². The number of nitrogens with two attached hydrogens (primary N) is 1. The highest BCUT2D eigenvalue weighted by Gasteiger charge is 2.14. The van der Waals surface area contributed by atoms with E-state index in [0.717, 1.165) is 0 Å². The summed E-state index contributed by atoms with van der Waals surface area (Å²) in [5.41, 5.74) is 7.21. The molecule has 0 heterocycles. The van der Waals surface area contributed by atoms with E-state index in [4.69, 9.17) is 17.3 Å². The lowest BCUT2D eigenvalue weighted by molar-refractivity contribution is -0.141. The summed E-state index contributed by atoms with van der Waals surface area (Å²) in [4.78, 5) is 10.7. The average Bonchev–Trinajstić information content (AvgIpc) is 2.00. The molecule has 10 heavy (non-hydrogen) atoms. The van der Waals surface area contributed by atoms with Crippen molar-refractivity contribution < 1.29 is 9.53 Å². The summed E-state index contributed by atoms with van der Waals surface area (Å²) >= 11 is 5.30. The number of ether oxygens (including phenoxy) is 1. The van der Waals surface area contributed by atoms with Gasteiger partial charge in [0.15, 0.2) is 0 Å². The van der Waals surface area contributed by atoms with E-state index in [-0.39, 0.29) is 0 Å². The van der Waals surface area contributed by atoms with Crippen molar-refractivity contribution in [2.45, 2.75) is 13.0 Å². The van der Waals surface area contributed by atoms with Gasteiger partial charge in [-0.2, -0.15) is 0 Å². The Morgan fingerprint density at radius 2 is 2.30 bits per heavy atom. The maximum absolute atomic E-state index is 10.7. The first-order valence-corrected chi connectivity index (χ1v) is 3.17. The molecule has 2 N–H and O–H groups in total. The minimum absolute atomic E-state index is 0.477. The summed E-state index contributed by atoms with van der Waals surface area (Å²) in [6.07, 6.45) is 0. The number of methoxy groups -OCH3 is 1. The van der Waals surface area contributed by atoms with Gasteiger partial charge in [0, 0.05) is 5.54 Å². The Labute approximate surface area is 64.8 Å². The highest BCUT2D eigenvalue weighted by Crippen LogP contribution is 2.01. The summed E-state index contributed by atoms with van der Waals surface area (Å²) in [6, 6.07) is -0.734. The van der Waals surface area contributed by atoms with E-state index >= 15 is 0 Å². The lowest BCUT2D eigenvalue weighted by Crippen LogP contribution is -2.32. The van der Waals surface area contributed by atoms with Gasteiger partial charge in [-0.1, -0.05) is 11.6 Å². The molecule has 0 aliphatic rings. The second-order valence-electron chi connectivity index (χ2n) is 1.85. The zero-order chi connectivity index (χ0) is 8.15. The molecule has 3 nitrogen and oxygen atoms in total. The molecule has 1 unspecified atom stereocenters. The Morgan fingerprint density at radius 1 is 1.80 bits per heavy atom. The van der Waals surface area contributed by atoms with Crippen LogP contribution in [0.5, 0.6) is 0 Å². The van der Waals surface area contributed by atoms with E-state index in [1.54, 1.807) is 6.92 Å². The largest absolute Gasteiger partial charge is 0.468 e. The summed E-state index contributed by atoms with van der Waals surface area (Å²) in [7, 11) is 1.28. The van der Waals surface area contributed by atoms with Crippen LogP contribution in [0.3, 0.4) is 0 Å². The van der Waals surface area contributed by atoms with Gasteiger partial charge >= 0.3 is 5.97 Å². The van der Waals surface area contributed by atoms with E-state index < -0.39 is 12.0 Å². The van der Waals surface area contributed by atoms with Gasteiger partial charge in [-0.15, -0.1) is 0 Å². The normalized spacial score (nSPS) is 14.6. The second kappa shape index (κ2) is 4.30. The number of halogens is 1. The molecule has 0 rings (SSSR count). The Balaban J connectivity index is 4.08. The van der Waals surface area contributed by atoms with Crippen LogP contribution >= 0.6 is 11.6 Å². The number of hydrogen-bond donors (Lipinski definition) is 1. The topological polar surface area (TPSA) is 52.3 Å². The number of carbonyl (C=O) groups excluding carboxylic acids is 1. The monoisotopic (exact) mass is 163 g/mol. The molecule has 0 amide bonds. The number of hydrogen-bond acceptors (Lipinski definition) is 3. The smallest absolute Gasteiger partial charge is 0.326 e. The first-order chi connectivity index (χ1) is 4.63. The molecule has 0 aromatic rings. The molecule has 0 aliphatic carbocycles. The van der Waals surface area contributed by atoms with Crippen LogP contribution in [0.25, 0.3) is 0 Å². The van der Waals surface area contributed by atoms with E-state index in [2.05, 4.69) is 4.74 Å². The fraction of sp³-hybridized carbons (Fsp3) is 0.500. The van der Waals surface area contributed by atoms with Crippen LogP contribution in [0.1, 0.15) is 6.92 Å². The van der Waals surface area contributed by atoms with Crippen LogP contribution in [0.2, 0.25) is 0 Å². The highest BCUT2D eigenvalue weighted by atomic mass is 35.5. The quantitative estimate of drug-likeness (QED) is 0.608. The zero-order valence-corrected chi connectivity index (χ0v) is 6.68. The van der Waals surface area contributed by atoms with Gasteiger partial charge in [0.2, 0.25) is 0 Å². The number of esters is 1. The SMILES string of the molecule is COC(=O)C(N)/C(C)=C/Cl. The minimum Gasteiger partial charge on any atom is -0.468 e. The molecule has 0 spiro atoms. The fourth-order valence-electron chi connectivity index (χ4n) is 0.381. The molecule has 0 bridgehead atoms. The summed E-state index contributed by atoms with van der Waals surface area (Å²) in [5, 5.41) is 0. The van der Waals surface area contributed by atoms with Crippen LogP contribution in [0.4, 0.5) is 0 Å². The molecular formula is C6H10ClNO2. The number of carbonyl (C=O) groups is 1. The molecule has 58 valence electrons. The summed E-state index contributed by atoms with van der Waals surface area (Å²) < 4.78 is 4.37. The Kier molecular flexibility index (Phi) is 4.07. The van der Waals surface area contributed by atoms with Crippen molar-refractivity contribution in [1.82, 2.24) is 0 Å². The van der Waals surface area contributed by atoms with Crippen molar-refractivity contribution in [2.75, 3.05) is 7.11 Å². The minimum atomic E-state index is -0.734. The number of rotatable bonds is 2. The first-order valence-electron chi connectivity index (χ1n) is 2.73. The van der Waals surface area contributed by atoms with Gasteiger partial charge in [-0.25, -0.2) is 0 Å². The third kappa shape index (κ3) is 2.37. The van der Waals surface area contributed by atoms with Gasteiger partial charge in [-0.3, -0.25) is 4.79 Å².